The zero-order valence-corrected chi connectivity index (χ0v) is 19.3. The van der Waals surface area contributed by atoms with E-state index in [9.17, 15) is 9.90 Å². The van der Waals surface area contributed by atoms with E-state index in [1.54, 1.807) is 32.4 Å². The van der Waals surface area contributed by atoms with E-state index in [1.807, 2.05) is 0 Å². The molecule has 0 saturated carbocycles. The third-order valence-electron chi connectivity index (χ3n) is 5.63. The lowest BCUT2D eigenvalue weighted by atomic mass is 10.0. The van der Waals surface area contributed by atoms with Crippen LogP contribution in [0.2, 0.25) is 5.02 Å². The van der Waals surface area contributed by atoms with Gasteiger partial charge in [0.1, 0.15) is 31.1 Å². The van der Waals surface area contributed by atoms with Gasteiger partial charge in [0.15, 0.2) is 12.6 Å². The van der Waals surface area contributed by atoms with Crippen LogP contribution in [-0.2, 0) is 27.4 Å². The predicted octanol–water partition coefficient (Wildman–Crippen LogP) is 1.57. The SMILES string of the molecule is COCC[NH+](CCOC)Cc1c([O-])ccc2c1O/C(=C\c1cc(Cl)cc3c1OCOC3)C2=O. The topological polar surface area (TPSA) is 90.7 Å². The van der Waals surface area contributed by atoms with Gasteiger partial charge in [-0.15, -0.1) is 0 Å². The maximum Gasteiger partial charge on any atom is 0.231 e. The van der Waals surface area contributed by atoms with E-state index in [4.69, 9.17) is 35.3 Å². The molecule has 0 fully saturated rings. The average molecular weight is 476 g/mol. The molecule has 176 valence electrons. The van der Waals surface area contributed by atoms with E-state index in [1.165, 1.54) is 12.1 Å². The second-order valence-corrected chi connectivity index (χ2v) is 8.30. The fourth-order valence-electron chi connectivity index (χ4n) is 3.96. The number of carbonyl (C=O) groups excluding carboxylic acids is 1. The van der Waals surface area contributed by atoms with Crippen LogP contribution in [0.4, 0.5) is 0 Å². The summed E-state index contributed by atoms with van der Waals surface area (Å²) in [6, 6.07) is 6.42. The second kappa shape index (κ2) is 10.5. The molecule has 0 aliphatic carbocycles. The first kappa shape index (κ1) is 23.5. The number of methoxy groups -OCH3 is 2. The summed E-state index contributed by atoms with van der Waals surface area (Å²) >= 11 is 6.25. The number of ketones is 1. The van der Waals surface area contributed by atoms with Gasteiger partial charge in [0.2, 0.25) is 5.78 Å². The van der Waals surface area contributed by atoms with Crippen molar-refractivity contribution in [1.29, 1.82) is 0 Å². The van der Waals surface area contributed by atoms with Gasteiger partial charge in [-0.05, 0) is 24.3 Å². The predicted molar refractivity (Wildman–Crippen MR) is 119 cm³/mol. The summed E-state index contributed by atoms with van der Waals surface area (Å²) in [5, 5.41) is 13.2. The van der Waals surface area contributed by atoms with Gasteiger partial charge in [-0.25, -0.2) is 0 Å². The summed E-state index contributed by atoms with van der Waals surface area (Å²) in [5.74, 6) is 0.570. The van der Waals surface area contributed by atoms with Gasteiger partial charge >= 0.3 is 0 Å². The number of rotatable bonds is 9. The maximum absolute atomic E-state index is 13.1. The first-order chi connectivity index (χ1) is 16.0. The van der Waals surface area contributed by atoms with E-state index in [-0.39, 0.29) is 24.1 Å². The Labute approximate surface area is 197 Å². The standard InChI is InChI=1S/C24H26ClNO7/c1-29-7-5-26(6-8-30-2)12-19-20(27)4-3-18-22(28)21(33-24(18)19)11-15-9-17(25)10-16-13-31-14-32-23(15)16/h3-4,9-11,27H,5-8,12-14H2,1-2H3/b21-11-. The molecule has 8 nitrogen and oxygen atoms in total. The van der Waals surface area contributed by atoms with Crippen LogP contribution in [0, 0.1) is 0 Å². The van der Waals surface area contributed by atoms with Crippen molar-refractivity contribution >= 4 is 23.5 Å². The first-order valence-corrected chi connectivity index (χ1v) is 11.0. The smallest absolute Gasteiger partial charge is 0.231 e. The summed E-state index contributed by atoms with van der Waals surface area (Å²) < 4.78 is 27.3. The van der Waals surface area contributed by atoms with Crippen molar-refractivity contribution in [3.05, 3.63) is 57.3 Å². The Morgan fingerprint density at radius 3 is 2.64 bits per heavy atom. The summed E-state index contributed by atoms with van der Waals surface area (Å²) in [6.07, 6.45) is 1.60. The Bertz CT molecular complexity index is 1060. The minimum atomic E-state index is -0.289. The van der Waals surface area contributed by atoms with Crippen molar-refractivity contribution in [3.8, 4) is 17.2 Å². The third-order valence-corrected chi connectivity index (χ3v) is 5.85. The van der Waals surface area contributed by atoms with Gasteiger partial charge in [-0.2, -0.15) is 0 Å². The van der Waals surface area contributed by atoms with Crippen molar-refractivity contribution in [3.63, 3.8) is 0 Å². The Kier molecular flexibility index (Phi) is 7.52. The van der Waals surface area contributed by atoms with Gasteiger partial charge in [0.25, 0.3) is 0 Å². The van der Waals surface area contributed by atoms with Crippen LogP contribution in [0.5, 0.6) is 17.2 Å². The van der Waals surface area contributed by atoms with Crippen LogP contribution in [0.3, 0.4) is 0 Å². The van der Waals surface area contributed by atoms with E-state index < -0.39 is 0 Å². The third kappa shape index (κ3) is 5.15. The maximum atomic E-state index is 13.1. The largest absolute Gasteiger partial charge is 0.872 e. The number of ether oxygens (including phenoxy) is 5. The zero-order chi connectivity index (χ0) is 23.4. The molecular formula is C24H26ClNO7. The molecule has 2 aromatic rings. The van der Waals surface area contributed by atoms with Gasteiger partial charge in [0.05, 0.1) is 25.4 Å². The molecule has 0 saturated heterocycles. The van der Waals surface area contributed by atoms with Crippen LogP contribution in [0.25, 0.3) is 6.08 Å². The Morgan fingerprint density at radius 1 is 1.15 bits per heavy atom. The number of quaternary nitrogens is 1. The number of nitrogens with one attached hydrogen (secondary N) is 1. The first-order valence-electron chi connectivity index (χ1n) is 10.6. The normalized spacial score (nSPS) is 16.0. The molecule has 33 heavy (non-hydrogen) atoms. The average Bonchev–Trinajstić information content (AvgIpc) is 3.12. The molecule has 9 heteroatoms. The lowest BCUT2D eigenvalue weighted by Gasteiger charge is -2.23. The second-order valence-electron chi connectivity index (χ2n) is 7.87. The van der Waals surface area contributed by atoms with Crippen LogP contribution in [-0.4, -0.2) is 53.1 Å². The number of fused-ring (bicyclic) bond motifs is 2. The number of halogens is 1. The molecule has 0 spiro atoms. The lowest BCUT2D eigenvalue weighted by molar-refractivity contribution is -0.914. The summed E-state index contributed by atoms with van der Waals surface area (Å²) in [5.41, 5.74) is 2.24. The molecule has 0 unspecified atom stereocenters. The van der Waals surface area contributed by atoms with Gasteiger partial charge in [-0.3, -0.25) is 4.79 Å². The van der Waals surface area contributed by atoms with E-state index in [0.717, 1.165) is 10.5 Å². The lowest BCUT2D eigenvalue weighted by Crippen LogP contribution is -3.11. The molecular weight excluding hydrogens is 450 g/mol. The zero-order valence-electron chi connectivity index (χ0n) is 18.6. The highest BCUT2D eigenvalue weighted by molar-refractivity contribution is 6.31. The molecule has 0 amide bonds. The molecule has 4 rings (SSSR count). The highest BCUT2D eigenvalue weighted by atomic mass is 35.5. The number of allylic oxidation sites excluding steroid dienone is 1. The summed E-state index contributed by atoms with van der Waals surface area (Å²) in [6.45, 7) is 3.33. The molecule has 1 N–H and O–H groups in total. The Hall–Kier alpha value is -2.62. The van der Waals surface area contributed by atoms with Crippen molar-refractivity contribution in [2.45, 2.75) is 13.2 Å². The van der Waals surface area contributed by atoms with Crippen molar-refractivity contribution < 1.29 is 38.5 Å². The molecule has 0 bridgehead atoms. The van der Waals surface area contributed by atoms with Gasteiger partial charge < -0.3 is 33.7 Å². The van der Waals surface area contributed by atoms with Crippen molar-refractivity contribution in [1.82, 2.24) is 0 Å². The fraction of sp³-hybridized carbons (Fsp3) is 0.375. The number of benzene rings is 2. The van der Waals surface area contributed by atoms with E-state index >= 15 is 0 Å². The number of hydrogen-bond acceptors (Lipinski definition) is 7. The molecule has 0 atom stereocenters. The summed E-state index contributed by atoms with van der Waals surface area (Å²) in [7, 11) is 3.27. The Morgan fingerprint density at radius 2 is 1.91 bits per heavy atom. The fourth-order valence-corrected chi connectivity index (χ4v) is 4.21. The molecule has 2 aliphatic rings. The molecule has 0 radical (unpaired) electrons. The quantitative estimate of drug-likeness (QED) is 0.550. The van der Waals surface area contributed by atoms with Crippen molar-refractivity contribution in [2.75, 3.05) is 47.3 Å². The van der Waals surface area contributed by atoms with Crippen LogP contribution in [0.1, 0.15) is 27.0 Å². The van der Waals surface area contributed by atoms with E-state index in [0.29, 0.717) is 72.7 Å². The number of Topliss-reactive ketones (excluding diaryl/α,β-unsaturated/α-hetero) is 1. The summed E-state index contributed by atoms with van der Waals surface area (Å²) in [4.78, 5) is 14.2. The van der Waals surface area contributed by atoms with Crippen LogP contribution < -0.4 is 19.5 Å². The van der Waals surface area contributed by atoms with Crippen LogP contribution >= 0.6 is 11.6 Å². The van der Waals surface area contributed by atoms with Crippen LogP contribution in [0.15, 0.2) is 30.0 Å². The van der Waals surface area contributed by atoms with E-state index in [2.05, 4.69) is 0 Å². The minimum Gasteiger partial charge on any atom is -0.872 e. The highest BCUT2D eigenvalue weighted by Crippen LogP contribution is 2.40. The molecule has 2 aromatic carbocycles. The molecule has 2 heterocycles. The number of carbonyl (C=O) groups is 1. The van der Waals surface area contributed by atoms with Crippen molar-refractivity contribution in [2.24, 2.45) is 0 Å². The highest BCUT2D eigenvalue weighted by Gasteiger charge is 2.31. The molecule has 2 aliphatic heterocycles. The number of hydrogen-bond donors (Lipinski definition) is 1. The molecule has 0 aromatic heterocycles. The monoisotopic (exact) mass is 475 g/mol. The van der Waals surface area contributed by atoms with Gasteiger partial charge in [0, 0.05) is 35.9 Å². The minimum absolute atomic E-state index is 0.116. The van der Waals surface area contributed by atoms with Gasteiger partial charge in [-0.1, -0.05) is 23.4 Å². The Balaban J connectivity index is 1.65.